The molecule has 202 valence electrons. The van der Waals surface area contributed by atoms with E-state index in [1.807, 2.05) is 43.3 Å². The summed E-state index contributed by atoms with van der Waals surface area (Å²) in [6, 6.07) is 13.2. The molecular formula is C28H29ClN6O4. The van der Waals surface area contributed by atoms with Crippen LogP contribution in [0.3, 0.4) is 0 Å². The lowest BCUT2D eigenvalue weighted by molar-refractivity contribution is -0.189. The fourth-order valence-electron chi connectivity index (χ4n) is 4.69. The van der Waals surface area contributed by atoms with Gasteiger partial charge in [-0.2, -0.15) is 4.98 Å². The van der Waals surface area contributed by atoms with Crippen LogP contribution in [0.5, 0.6) is 0 Å². The van der Waals surface area contributed by atoms with Gasteiger partial charge in [0.25, 0.3) is 5.56 Å². The van der Waals surface area contributed by atoms with Gasteiger partial charge in [-0.05, 0) is 31.2 Å². The molecule has 0 unspecified atom stereocenters. The number of anilines is 1. The van der Waals surface area contributed by atoms with Crippen LogP contribution in [0.1, 0.15) is 12.1 Å². The van der Waals surface area contributed by atoms with Crippen LogP contribution in [0.4, 0.5) is 5.95 Å². The summed E-state index contributed by atoms with van der Waals surface area (Å²) in [4.78, 5) is 27.7. The van der Waals surface area contributed by atoms with Crippen molar-refractivity contribution in [1.29, 1.82) is 0 Å². The molecule has 3 N–H and O–H groups in total. The molecule has 0 radical (unpaired) electrons. The monoisotopic (exact) mass is 548 g/mol. The van der Waals surface area contributed by atoms with Crippen molar-refractivity contribution in [1.82, 2.24) is 19.5 Å². The maximum Gasteiger partial charge on any atom is 0.260 e. The Morgan fingerprint density at radius 2 is 1.90 bits per heavy atom. The van der Waals surface area contributed by atoms with E-state index in [2.05, 4.69) is 15.3 Å². The van der Waals surface area contributed by atoms with Crippen LogP contribution < -0.4 is 16.6 Å². The van der Waals surface area contributed by atoms with Crippen molar-refractivity contribution >= 4 is 28.6 Å². The molecule has 10 nitrogen and oxygen atoms in total. The van der Waals surface area contributed by atoms with Gasteiger partial charge < -0.3 is 25.3 Å². The summed E-state index contributed by atoms with van der Waals surface area (Å²) in [5.74, 6) is 0.445. The van der Waals surface area contributed by atoms with Gasteiger partial charge in [-0.25, -0.2) is 4.98 Å². The molecule has 0 aliphatic carbocycles. The molecule has 39 heavy (non-hydrogen) atoms. The van der Waals surface area contributed by atoms with Crippen molar-refractivity contribution in [2.75, 3.05) is 31.7 Å². The average molecular weight is 549 g/mol. The van der Waals surface area contributed by atoms with Gasteiger partial charge in [0.1, 0.15) is 5.65 Å². The largest absolute Gasteiger partial charge is 0.377 e. The van der Waals surface area contributed by atoms with E-state index in [9.17, 15) is 4.79 Å². The second kappa shape index (κ2) is 11.0. The number of nitrogens with one attached hydrogen (secondary N) is 1. The standard InChI is InChI=1S/C28H29ClN6O4/c1-16-3-2-4-24(32-16)17-5-6-21(23(29)10-17)22-9-18-11-31-28(33-20-14-37-15-20)34-26(18)35(27(22)36)8-7-25-38-12-19(30)13-39-25/h2-6,9-11,19-20,25H,7-8,12-15,30H2,1H3,(H,31,33,34)/t19-,25+. The van der Waals surface area contributed by atoms with E-state index in [0.29, 0.717) is 72.5 Å². The van der Waals surface area contributed by atoms with E-state index in [1.165, 1.54) is 0 Å². The van der Waals surface area contributed by atoms with Gasteiger partial charge in [0, 0.05) is 52.0 Å². The summed E-state index contributed by atoms with van der Waals surface area (Å²) in [5.41, 5.74) is 9.87. The normalized spacial score (nSPS) is 19.7. The van der Waals surface area contributed by atoms with E-state index >= 15 is 0 Å². The first-order valence-corrected chi connectivity index (χ1v) is 13.3. The second-order valence-corrected chi connectivity index (χ2v) is 10.3. The quantitative estimate of drug-likeness (QED) is 0.357. The van der Waals surface area contributed by atoms with E-state index in [-0.39, 0.29) is 17.6 Å². The summed E-state index contributed by atoms with van der Waals surface area (Å²) < 4.78 is 18.3. The topological polar surface area (TPSA) is 126 Å². The Morgan fingerprint density at radius 1 is 1.08 bits per heavy atom. The fourth-order valence-corrected chi connectivity index (χ4v) is 4.97. The zero-order valence-corrected chi connectivity index (χ0v) is 22.2. The molecule has 2 fully saturated rings. The van der Waals surface area contributed by atoms with Gasteiger partial charge in [0.05, 0.1) is 44.2 Å². The highest BCUT2D eigenvalue weighted by atomic mass is 35.5. The van der Waals surface area contributed by atoms with Gasteiger partial charge in [-0.3, -0.25) is 14.3 Å². The summed E-state index contributed by atoms with van der Waals surface area (Å²) >= 11 is 6.77. The molecule has 1 aromatic carbocycles. The Labute approximate surface area is 230 Å². The van der Waals surface area contributed by atoms with Crippen molar-refractivity contribution < 1.29 is 14.2 Å². The molecule has 0 amide bonds. The number of halogens is 1. The molecule has 2 aliphatic rings. The van der Waals surface area contributed by atoms with Crippen molar-refractivity contribution in [3.05, 3.63) is 69.7 Å². The highest BCUT2D eigenvalue weighted by Crippen LogP contribution is 2.32. The van der Waals surface area contributed by atoms with Crippen LogP contribution in [0, 0.1) is 6.92 Å². The number of fused-ring (bicyclic) bond motifs is 1. The lowest BCUT2D eigenvalue weighted by atomic mass is 10.0. The average Bonchev–Trinajstić information content (AvgIpc) is 2.91. The number of aromatic nitrogens is 4. The van der Waals surface area contributed by atoms with Crippen molar-refractivity contribution in [2.45, 2.75) is 38.3 Å². The lowest BCUT2D eigenvalue weighted by Crippen LogP contribution is -2.41. The molecule has 0 saturated carbocycles. The predicted octanol–water partition coefficient (Wildman–Crippen LogP) is 3.38. The van der Waals surface area contributed by atoms with Crippen LogP contribution in [-0.4, -0.2) is 64.3 Å². The number of aryl methyl sites for hydroxylation is 2. The lowest BCUT2D eigenvalue weighted by Gasteiger charge is -2.28. The number of rotatable bonds is 7. The minimum atomic E-state index is -0.452. The molecular weight excluding hydrogens is 520 g/mol. The molecule has 0 atom stereocenters. The van der Waals surface area contributed by atoms with E-state index < -0.39 is 6.29 Å². The maximum atomic E-state index is 14.0. The van der Waals surface area contributed by atoms with Gasteiger partial charge >= 0.3 is 0 Å². The zero-order chi connectivity index (χ0) is 26.9. The Morgan fingerprint density at radius 3 is 2.62 bits per heavy atom. The Kier molecular flexibility index (Phi) is 7.28. The second-order valence-electron chi connectivity index (χ2n) is 9.87. The fraction of sp³-hybridized carbons (Fsp3) is 0.357. The molecule has 2 aliphatic heterocycles. The van der Waals surface area contributed by atoms with Crippen LogP contribution in [-0.2, 0) is 20.8 Å². The Hall–Kier alpha value is -3.41. The summed E-state index contributed by atoms with van der Waals surface area (Å²) in [5, 5.41) is 4.43. The highest BCUT2D eigenvalue weighted by molar-refractivity contribution is 6.33. The summed E-state index contributed by atoms with van der Waals surface area (Å²) in [7, 11) is 0. The van der Waals surface area contributed by atoms with Crippen molar-refractivity contribution in [3.63, 3.8) is 0 Å². The Bertz CT molecular complexity index is 1570. The number of nitrogens with zero attached hydrogens (tertiary/aromatic N) is 4. The predicted molar refractivity (Wildman–Crippen MR) is 149 cm³/mol. The zero-order valence-electron chi connectivity index (χ0n) is 21.5. The molecule has 3 aromatic heterocycles. The molecule has 11 heteroatoms. The minimum Gasteiger partial charge on any atom is -0.377 e. The smallest absolute Gasteiger partial charge is 0.260 e. The third-order valence-corrected chi connectivity index (χ3v) is 7.14. The van der Waals surface area contributed by atoms with Gasteiger partial charge in [-0.1, -0.05) is 29.8 Å². The first-order valence-electron chi connectivity index (χ1n) is 12.9. The number of nitrogens with two attached hydrogens (primary N) is 1. The van der Waals surface area contributed by atoms with E-state index in [4.69, 9.17) is 36.5 Å². The molecule has 5 heterocycles. The van der Waals surface area contributed by atoms with Crippen molar-refractivity contribution in [2.24, 2.45) is 5.73 Å². The molecule has 0 bridgehead atoms. The highest BCUT2D eigenvalue weighted by Gasteiger charge is 2.23. The SMILES string of the molecule is Cc1cccc(-c2ccc(-c3cc4cnc(NC5COC5)nc4n(CC[C@H]4OC[C@@H](N)CO4)c3=O)c(Cl)c2)n1. The molecule has 6 rings (SSSR count). The van der Waals surface area contributed by atoms with Gasteiger partial charge in [0.15, 0.2) is 6.29 Å². The summed E-state index contributed by atoms with van der Waals surface area (Å²) in [6.45, 7) is 4.29. The van der Waals surface area contributed by atoms with Crippen LogP contribution in [0.15, 0.2) is 53.5 Å². The molecule has 2 saturated heterocycles. The minimum absolute atomic E-state index is 0.148. The number of hydrogen-bond acceptors (Lipinski definition) is 9. The first-order chi connectivity index (χ1) is 18.9. The van der Waals surface area contributed by atoms with Crippen LogP contribution >= 0.6 is 11.6 Å². The number of hydrogen-bond donors (Lipinski definition) is 2. The van der Waals surface area contributed by atoms with E-state index in [1.54, 1.807) is 16.8 Å². The Balaban J connectivity index is 1.39. The van der Waals surface area contributed by atoms with Gasteiger partial charge in [-0.15, -0.1) is 0 Å². The van der Waals surface area contributed by atoms with Gasteiger partial charge in [0.2, 0.25) is 5.95 Å². The third kappa shape index (κ3) is 5.52. The number of benzene rings is 1. The third-order valence-electron chi connectivity index (χ3n) is 6.82. The number of ether oxygens (including phenoxy) is 3. The molecule has 0 spiro atoms. The van der Waals surface area contributed by atoms with E-state index in [0.717, 1.165) is 17.0 Å². The van der Waals surface area contributed by atoms with Crippen LogP contribution in [0.2, 0.25) is 5.02 Å². The summed E-state index contributed by atoms with van der Waals surface area (Å²) in [6.07, 6.45) is 1.72. The van der Waals surface area contributed by atoms with Crippen molar-refractivity contribution in [3.8, 4) is 22.4 Å². The number of pyridine rings is 2. The first kappa shape index (κ1) is 25.8. The molecule has 4 aromatic rings. The van der Waals surface area contributed by atoms with Crippen LogP contribution in [0.25, 0.3) is 33.4 Å². The maximum absolute atomic E-state index is 14.0.